The third-order valence-electron chi connectivity index (χ3n) is 3.23. The van der Waals surface area contributed by atoms with Crippen LogP contribution in [-0.2, 0) is 0 Å². The molecular weight excluding hydrogens is 250 g/mol. The van der Waals surface area contributed by atoms with Crippen molar-refractivity contribution in [2.45, 2.75) is 18.9 Å². The summed E-state index contributed by atoms with van der Waals surface area (Å²) in [6.07, 6.45) is 2.28. The number of piperidine rings is 1. The summed E-state index contributed by atoms with van der Waals surface area (Å²) in [4.78, 5) is 13.4. The summed E-state index contributed by atoms with van der Waals surface area (Å²) in [5, 5.41) is 4.01. The molecule has 5 heteroatoms. The van der Waals surface area contributed by atoms with Crippen LogP contribution in [0.3, 0.4) is 0 Å². The summed E-state index contributed by atoms with van der Waals surface area (Å²) < 4.78 is 0. The van der Waals surface area contributed by atoms with Gasteiger partial charge in [0.2, 0.25) is 5.91 Å². The summed E-state index contributed by atoms with van der Waals surface area (Å²) in [5.74, 6) is -0.435. The highest BCUT2D eigenvalue weighted by atomic mass is 35.5. The number of rotatable bonds is 3. The number of anilines is 1. The van der Waals surface area contributed by atoms with Crippen molar-refractivity contribution in [1.29, 1.82) is 0 Å². The maximum Gasteiger partial charge on any atom is 0.248 e. The number of halogens is 1. The van der Waals surface area contributed by atoms with Crippen LogP contribution in [0.4, 0.5) is 5.69 Å². The number of benzene rings is 1. The van der Waals surface area contributed by atoms with E-state index < -0.39 is 5.91 Å². The highest BCUT2D eigenvalue weighted by Gasteiger charge is 2.18. The molecule has 0 radical (unpaired) electrons. The fourth-order valence-electron chi connectivity index (χ4n) is 2.29. The number of carbonyl (C=O) groups is 1. The smallest absolute Gasteiger partial charge is 0.248 e. The molecule has 0 spiro atoms. The van der Waals surface area contributed by atoms with Crippen LogP contribution in [0.1, 0.15) is 23.2 Å². The Morgan fingerprint density at radius 1 is 1.56 bits per heavy atom. The van der Waals surface area contributed by atoms with Gasteiger partial charge in [-0.05, 0) is 44.6 Å². The Hall–Kier alpha value is -1.26. The number of primary amides is 1. The number of nitrogens with zero attached hydrogens (tertiary/aromatic N) is 1. The number of hydrogen-bond donors (Lipinski definition) is 2. The number of likely N-dealkylation sites (tertiary alicyclic amines) is 1. The lowest BCUT2D eigenvalue weighted by Crippen LogP contribution is -2.39. The van der Waals surface area contributed by atoms with E-state index in [1.807, 2.05) is 0 Å². The highest BCUT2D eigenvalue weighted by Crippen LogP contribution is 2.25. The number of carbonyl (C=O) groups excluding carboxylic acids is 1. The minimum Gasteiger partial charge on any atom is -0.380 e. The predicted octanol–water partition coefficient (Wildman–Crippen LogP) is 1.94. The first kappa shape index (κ1) is 13.2. The third-order valence-corrected chi connectivity index (χ3v) is 3.56. The molecule has 1 aromatic rings. The minimum atomic E-state index is -0.435. The number of hydrogen-bond acceptors (Lipinski definition) is 3. The second kappa shape index (κ2) is 5.59. The summed E-state index contributed by atoms with van der Waals surface area (Å²) in [6.45, 7) is 2.12. The zero-order valence-electron chi connectivity index (χ0n) is 10.4. The largest absolute Gasteiger partial charge is 0.380 e. The molecule has 3 N–H and O–H groups in total. The third kappa shape index (κ3) is 3.15. The fraction of sp³-hybridized carbons (Fsp3) is 0.462. The summed E-state index contributed by atoms with van der Waals surface area (Å²) in [5.41, 5.74) is 6.53. The molecule has 18 heavy (non-hydrogen) atoms. The van der Waals surface area contributed by atoms with Crippen molar-refractivity contribution in [2.75, 3.05) is 25.5 Å². The maximum atomic E-state index is 11.2. The van der Waals surface area contributed by atoms with Gasteiger partial charge in [0.1, 0.15) is 0 Å². The van der Waals surface area contributed by atoms with Crippen molar-refractivity contribution in [3.63, 3.8) is 0 Å². The van der Waals surface area contributed by atoms with E-state index >= 15 is 0 Å². The Morgan fingerprint density at radius 3 is 3.00 bits per heavy atom. The molecule has 1 saturated heterocycles. The molecule has 4 nitrogen and oxygen atoms in total. The monoisotopic (exact) mass is 267 g/mol. The molecule has 1 aliphatic rings. The predicted molar refractivity (Wildman–Crippen MR) is 74.1 cm³/mol. The van der Waals surface area contributed by atoms with Gasteiger partial charge in [-0.15, -0.1) is 0 Å². The molecule has 0 bridgehead atoms. The van der Waals surface area contributed by atoms with Gasteiger partial charge in [-0.3, -0.25) is 4.79 Å². The quantitative estimate of drug-likeness (QED) is 0.880. The van der Waals surface area contributed by atoms with Crippen molar-refractivity contribution in [2.24, 2.45) is 5.73 Å². The summed E-state index contributed by atoms with van der Waals surface area (Å²) in [6, 6.07) is 5.43. The first-order valence-corrected chi connectivity index (χ1v) is 6.48. The zero-order valence-corrected chi connectivity index (χ0v) is 11.2. The molecule has 1 heterocycles. The van der Waals surface area contributed by atoms with Crippen molar-refractivity contribution in [1.82, 2.24) is 4.90 Å². The molecule has 1 aliphatic heterocycles. The second-order valence-corrected chi connectivity index (χ2v) is 5.21. The lowest BCUT2D eigenvalue weighted by Gasteiger charge is -2.31. The van der Waals surface area contributed by atoms with Gasteiger partial charge in [0, 0.05) is 18.2 Å². The average Bonchev–Trinajstić information content (AvgIpc) is 2.31. The molecule has 2 rings (SSSR count). The van der Waals surface area contributed by atoms with E-state index in [2.05, 4.69) is 17.3 Å². The molecule has 1 aromatic carbocycles. The molecule has 0 saturated carbocycles. The molecular formula is C13H18ClN3O. The average molecular weight is 268 g/mol. The van der Waals surface area contributed by atoms with Gasteiger partial charge in [-0.2, -0.15) is 0 Å². The minimum absolute atomic E-state index is 0.365. The van der Waals surface area contributed by atoms with Crippen LogP contribution >= 0.6 is 11.6 Å². The van der Waals surface area contributed by atoms with Crippen molar-refractivity contribution >= 4 is 23.2 Å². The Labute approximate surface area is 112 Å². The van der Waals surface area contributed by atoms with Crippen LogP contribution in [0.25, 0.3) is 0 Å². The first-order valence-electron chi connectivity index (χ1n) is 6.10. The summed E-state index contributed by atoms with van der Waals surface area (Å²) in [7, 11) is 2.11. The van der Waals surface area contributed by atoms with E-state index in [4.69, 9.17) is 17.3 Å². The molecule has 1 fully saturated rings. The normalized spacial score (nSPS) is 20.7. The topological polar surface area (TPSA) is 58.4 Å². The Bertz CT molecular complexity index is 450. The van der Waals surface area contributed by atoms with E-state index in [0.29, 0.717) is 16.6 Å². The molecule has 0 aromatic heterocycles. The van der Waals surface area contributed by atoms with E-state index in [-0.39, 0.29) is 0 Å². The second-order valence-electron chi connectivity index (χ2n) is 4.80. The molecule has 1 amide bonds. The maximum absolute atomic E-state index is 11.2. The number of nitrogens with two attached hydrogens (primary N) is 1. The lowest BCUT2D eigenvalue weighted by atomic mass is 10.1. The van der Waals surface area contributed by atoms with Gasteiger partial charge in [-0.25, -0.2) is 0 Å². The van der Waals surface area contributed by atoms with E-state index in [0.717, 1.165) is 25.2 Å². The molecule has 1 unspecified atom stereocenters. The molecule has 98 valence electrons. The highest BCUT2D eigenvalue weighted by molar-refractivity contribution is 6.33. The van der Waals surface area contributed by atoms with Gasteiger partial charge in [0.05, 0.1) is 10.7 Å². The van der Waals surface area contributed by atoms with Gasteiger partial charge in [-0.1, -0.05) is 11.6 Å². The van der Waals surface area contributed by atoms with Crippen LogP contribution in [0, 0.1) is 0 Å². The van der Waals surface area contributed by atoms with Gasteiger partial charge < -0.3 is 16.0 Å². The number of likely N-dealkylation sites (N-methyl/N-ethyl adjacent to an activating group) is 1. The summed E-state index contributed by atoms with van der Waals surface area (Å²) >= 11 is 6.13. The SMILES string of the molecule is CN1CCCC(Nc2cc(C(N)=O)ccc2Cl)C1. The van der Waals surface area contributed by atoms with E-state index in [1.54, 1.807) is 18.2 Å². The number of nitrogens with one attached hydrogen (secondary N) is 1. The van der Waals surface area contributed by atoms with Crippen LogP contribution in [-0.4, -0.2) is 37.0 Å². The first-order chi connectivity index (χ1) is 8.56. The van der Waals surface area contributed by atoms with Crippen LogP contribution in [0.5, 0.6) is 0 Å². The lowest BCUT2D eigenvalue weighted by molar-refractivity contribution is 0.100. The van der Waals surface area contributed by atoms with Crippen LogP contribution in [0.2, 0.25) is 5.02 Å². The fourth-order valence-corrected chi connectivity index (χ4v) is 2.47. The Morgan fingerprint density at radius 2 is 2.33 bits per heavy atom. The van der Waals surface area contributed by atoms with E-state index in [9.17, 15) is 4.79 Å². The Balaban J connectivity index is 2.12. The van der Waals surface area contributed by atoms with Crippen molar-refractivity contribution in [3.05, 3.63) is 28.8 Å². The standard InChI is InChI=1S/C13H18ClN3O/c1-17-6-2-3-10(8-17)16-12-7-9(13(15)18)4-5-11(12)14/h4-5,7,10,16H,2-3,6,8H2,1H3,(H2,15,18). The number of amides is 1. The molecule has 0 aliphatic carbocycles. The van der Waals surface area contributed by atoms with Crippen LogP contribution in [0.15, 0.2) is 18.2 Å². The molecule has 1 atom stereocenters. The Kier molecular flexibility index (Phi) is 4.09. The van der Waals surface area contributed by atoms with Gasteiger partial charge >= 0.3 is 0 Å². The van der Waals surface area contributed by atoms with Crippen molar-refractivity contribution in [3.8, 4) is 0 Å². The van der Waals surface area contributed by atoms with Gasteiger partial charge in [0.15, 0.2) is 0 Å². The van der Waals surface area contributed by atoms with Gasteiger partial charge in [0.25, 0.3) is 0 Å². The van der Waals surface area contributed by atoms with Crippen molar-refractivity contribution < 1.29 is 4.79 Å². The van der Waals surface area contributed by atoms with E-state index in [1.165, 1.54) is 6.42 Å². The zero-order chi connectivity index (χ0) is 13.1. The van der Waals surface area contributed by atoms with Crippen LogP contribution < -0.4 is 11.1 Å².